The molecule has 0 fully saturated rings. The van der Waals surface area contributed by atoms with Crippen LogP contribution in [-0.4, -0.2) is 11.5 Å². The molecule has 29 heavy (non-hydrogen) atoms. The minimum Gasteiger partial charge on any atom is -0.457 e. The van der Waals surface area contributed by atoms with Gasteiger partial charge in [-0.25, -0.2) is 0 Å². The van der Waals surface area contributed by atoms with Crippen molar-refractivity contribution in [3.05, 3.63) is 71.4 Å². The van der Waals surface area contributed by atoms with Gasteiger partial charge in [0.25, 0.3) is 0 Å². The fourth-order valence-corrected chi connectivity index (χ4v) is 4.37. The average molecular weight is 384 g/mol. The Morgan fingerprint density at radius 1 is 1.07 bits per heavy atom. The monoisotopic (exact) mass is 384 g/mol. The molecule has 2 atom stereocenters. The maximum absolute atomic E-state index is 13.1. The zero-order valence-corrected chi connectivity index (χ0v) is 17.0. The van der Waals surface area contributed by atoms with Gasteiger partial charge in [0.05, 0.1) is 12.0 Å². The molecule has 0 bridgehead atoms. The first-order chi connectivity index (χ1) is 13.9. The zero-order chi connectivity index (χ0) is 20.6. The largest absolute Gasteiger partial charge is 0.457 e. The molecule has 2 aromatic rings. The van der Waals surface area contributed by atoms with E-state index in [0.29, 0.717) is 17.7 Å². The first kappa shape index (κ1) is 19.1. The Kier molecular flexibility index (Phi) is 4.84. The molecular formula is C25H24N2O2. The summed E-state index contributed by atoms with van der Waals surface area (Å²) in [6, 6.07) is 19.7. The third kappa shape index (κ3) is 3.73. The van der Waals surface area contributed by atoms with Crippen LogP contribution in [0.4, 0.5) is 0 Å². The van der Waals surface area contributed by atoms with Gasteiger partial charge < -0.3 is 4.74 Å². The van der Waals surface area contributed by atoms with E-state index in [2.05, 4.69) is 19.9 Å². The highest BCUT2D eigenvalue weighted by atomic mass is 16.5. The van der Waals surface area contributed by atoms with Gasteiger partial charge in [-0.05, 0) is 48.6 Å². The van der Waals surface area contributed by atoms with Crippen molar-refractivity contribution in [2.24, 2.45) is 16.3 Å². The standard InChI is InChI=1S/C25H24N2O2/c1-16-20(15-26)23(24-21(27-16)13-25(2,3)14-22(24)28)17-8-7-11-19(12-17)29-18-9-5-4-6-10-18/h4-12,20,23H,13-14H2,1-3H3/t20?,23-/m0/s1. The molecule has 1 heterocycles. The lowest BCUT2D eigenvalue weighted by molar-refractivity contribution is -0.118. The number of hydrogen-bond donors (Lipinski definition) is 0. The van der Waals surface area contributed by atoms with Gasteiger partial charge in [0.15, 0.2) is 5.78 Å². The SMILES string of the molecule is CC1=NC2=C(C(=O)CC(C)(C)C2)[C@@H](c2cccc(Oc3ccccc3)c2)C1C#N. The van der Waals surface area contributed by atoms with Crippen molar-refractivity contribution >= 4 is 11.5 Å². The van der Waals surface area contributed by atoms with Crippen molar-refractivity contribution < 1.29 is 9.53 Å². The van der Waals surface area contributed by atoms with Crippen LogP contribution in [0.5, 0.6) is 11.5 Å². The maximum Gasteiger partial charge on any atom is 0.161 e. The van der Waals surface area contributed by atoms with Gasteiger partial charge in [-0.3, -0.25) is 9.79 Å². The van der Waals surface area contributed by atoms with Crippen LogP contribution in [0, 0.1) is 22.7 Å². The Morgan fingerprint density at radius 3 is 2.52 bits per heavy atom. The van der Waals surface area contributed by atoms with E-state index in [1.165, 1.54) is 0 Å². The summed E-state index contributed by atoms with van der Waals surface area (Å²) in [7, 11) is 0. The van der Waals surface area contributed by atoms with Gasteiger partial charge in [-0.15, -0.1) is 0 Å². The summed E-state index contributed by atoms with van der Waals surface area (Å²) >= 11 is 0. The van der Waals surface area contributed by atoms with E-state index in [0.717, 1.165) is 29.1 Å². The number of ketones is 1. The van der Waals surface area contributed by atoms with Gasteiger partial charge in [0.2, 0.25) is 0 Å². The second-order valence-electron chi connectivity index (χ2n) is 8.63. The quantitative estimate of drug-likeness (QED) is 0.670. The summed E-state index contributed by atoms with van der Waals surface area (Å²) in [5, 5.41) is 9.88. The summed E-state index contributed by atoms with van der Waals surface area (Å²) in [5.41, 5.74) is 3.13. The van der Waals surface area contributed by atoms with Gasteiger partial charge >= 0.3 is 0 Å². The molecule has 4 heteroatoms. The highest BCUT2D eigenvalue weighted by Crippen LogP contribution is 2.47. The molecule has 2 aliphatic rings. The number of carbonyl (C=O) groups is 1. The predicted octanol–water partition coefficient (Wildman–Crippen LogP) is 5.82. The summed E-state index contributed by atoms with van der Waals surface area (Å²) in [6.07, 6.45) is 1.23. The van der Waals surface area contributed by atoms with Crippen LogP contribution < -0.4 is 4.74 Å². The van der Waals surface area contributed by atoms with Crippen LogP contribution in [-0.2, 0) is 4.79 Å². The summed E-state index contributed by atoms with van der Waals surface area (Å²) in [4.78, 5) is 17.8. The zero-order valence-electron chi connectivity index (χ0n) is 17.0. The molecular weight excluding hydrogens is 360 g/mol. The van der Waals surface area contributed by atoms with E-state index in [1.54, 1.807) is 0 Å². The van der Waals surface area contributed by atoms with Crippen LogP contribution in [0.15, 0.2) is 70.9 Å². The number of carbonyl (C=O) groups excluding carboxylic acids is 1. The third-order valence-electron chi connectivity index (χ3n) is 5.64. The first-order valence-electron chi connectivity index (χ1n) is 9.92. The van der Waals surface area contributed by atoms with Crippen LogP contribution in [0.25, 0.3) is 0 Å². The first-order valence-corrected chi connectivity index (χ1v) is 9.92. The fourth-order valence-electron chi connectivity index (χ4n) is 4.37. The molecule has 0 amide bonds. The molecule has 0 spiro atoms. The summed E-state index contributed by atoms with van der Waals surface area (Å²) in [5.74, 6) is 0.781. The van der Waals surface area contributed by atoms with Crippen molar-refractivity contribution in [2.75, 3.05) is 0 Å². The second kappa shape index (κ2) is 7.33. The van der Waals surface area contributed by atoms with Crippen LogP contribution in [0.2, 0.25) is 0 Å². The van der Waals surface area contributed by atoms with Gasteiger partial charge in [-0.2, -0.15) is 5.26 Å². The minimum atomic E-state index is -0.453. The van der Waals surface area contributed by atoms with E-state index < -0.39 is 5.92 Å². The molecule has 4 rings (SSSR count). The highest BCUT2D eigenvalue weighted by molar-refractivity contribution is 6.03. The number of Topliss-reactive ketones (excluding diaryl/α,β-unsaturated/α-hetero) is 1. The topological polar surface area (TPSA) is 62.4 Å². The lowest BCUT2D eigenvalue weighted by Gasteiger charge is -2.38. The molecule has 1 aliphatic heterocycles. The molecule has 4 nitrogen and oxygen atoms in total. The number of nitrogens with zero attached hydrogens (tertiary/aromatic N) is 2. The molecule has 0 radical (unpaired) electrons. The number of ether oxygens (including phenoxy) is 1. The van der Waals surface area contributed by atoms with Crippen molar-refractivity contribution in [3.8, 4) is 17.6 Å². The molecule has 1 unspecified atom stereocenters. The number of hydrogen-bond acceptors (Lipinski definition) is 4. The maximum atomic E-state index is 13.1. The molecule has 146 valence electrons. The van der Waals surface area contributed by atoms with Gasteiger partial charge in [-0.1, -0.05) is 44.2 Å². The van der Waals surface area contributed by atoms with Crippen LogP contribution in [0.1, 0.15) is 45.1 Å². The average Bonchev–Trinajstić information content (AvgIpc) is 2.67. The number of rotatable bonds is 3. The van der Waals surface area contributed by atoms with E-state index >= 15 is 0 Å². The Bertz CT molecular complexity index is 1060. The highest BCUT2D eigenvalue weighted by Gasteiger charge is 2.43. The van der Waals surface area contributed by atoms with E-state index in [4.69, 9.17) is 9.73 Å². The number of aliphatic imine (C=N–C) groups is 1. The summed E-state index contributed by atoms with van der Waals surface area (Å²) in [6.45, 7) is 6.08. The normalized spacial score (nSPS) is 23.1. The smallest absolute Gasteiger partial charge is 0.161 e. The lowest BCUT2D eigenvalue weighted by atomic mass is 9.67. The van der Waals surface area contributed by atoms with Gasteiger partial charge in [0.1, 0.15) is 11.5 Å². The van der Waals surface area contributed by atoms with Crippen molar-refractivity contribution in [1.29, 1.82) is 5.26 Å². The molecule has 0 N–H and O–H groups in total. The number of benzene rings is 2. The number of para-hydroxylation sites is 1. The number of nitriles is 1. The minimum absolute atomic E-state index is 0.104. The van der Waals surface area contributed by atoms with E-state index in [1.807, 2.05) is 61.5 Å². The fraction of sp³-hybridized carbons (Fsp3) is 0.320. The van der Waals surface area contributed by atoms with Gasteiger partial charge in [0, 0.05) is 29.3 Å². The molecule has 0 aromatic heterocycles. The Hall–Kier alpha value is -3.19. The van der Waals surface area contributed by atoms with Crippen LogP contribution >= 0.6 is 0 Å². The molecule has 2 aromatic carbocycles. The Balaban J connectivity index is 1.77. The lowest BCUT2D eigenvalue weighted by Crippen LogP contribution is -2.35. The number of allylic oxidation sites excluding steroid dienone is 2. The van der Waals surface area contributed by atoms with Crippen molar-refractivity contribution in [2.45, 2.75) is 39.5 Å². The van der Waals surface area contributed by atoms with Crippen molar-refractivity contribution in [1.82, 2.24) is 0 Å². The summed E-state index contributed by atoms with van der Waals surface area (Å²) < 4.78 is 5.99. The van der Waals surface area contributed by atoms with Crippen molar-refractivity contribution in [3.63, 3.8) is 0 Å². The predicted molar refractivity (Wildman–Crippen MR) is 113 cm³/mol. The molecule has 0 saturated carbocycles. The molecule has 1 aliphatic carbocycles. The third-order valence-corrected chi connectivity index (χ3v) is 5.64. The Morgan fingerprint density at radius 2 is 1.79 bits per heavy atom. The Labute approximate surface area is 171 Å². The molecule has 0 saturated heterocycles. The van der Waals surface area contributed by atoms with Crippen LogP contribution in [0.3, 0.4) is 0 Å². The van der Waals surface area contributed by atoms with E-state index in [9.17, 15) is 10.1 Å². The second-order valence-corrected chi connectivity index (χ2v) is 8.63. The van der Waals surface area contributed by atoms with E-state index in [-0.39, 0.29) is 17.1 Å².